The van der Waals surface area contributed by atoms with E-state index in [-0.39, 0.29) is 0 Å². The Balaban J connectivity index is 3.13. The molecule has 0 spiro atoms. The van der Waals surface area contributed by atoms with E-state index < -0.39 is 20.6 Å². The average Bonchev–Trinajstić information content (AvgIpc) is 2.37. The molecule has 0 aromatic carbocycles. The summed E-state index contributed by atoms with van der Waals surface area (Å²) in [5, 5.41) is 0. The molecule has 0 unspecified atom stereocenters. The Labute approximate surface area is 135 Å². The van der Waals surface area contributed by atoms with Crippen LogP contribution in [0.25, 0.3) is 0 Å². The van der Waals surface area contributed by atoms with Crippen LogP contribution in [-0.2, 0) is 0 Å². The summed E-state index contributed by atoms with van der Waals surface area (Å²) >= 11 is -1.86. The van der Waals surface area contributed by atoms with Crippen LogP contribution >= 0.6 is 0 Å². The number of rotatable bonds is 7. The van der Waals surface area contributed by atoms with Gasteiger partial charge in [-0.1, -0.05) is 0 Å². The summed E-state index contributed by atoms with van der Waals surface area (Å²) in [6.45, 7) is 20.3. The fourth-order valence-corrected chi connectivity index (χ4v) is 13.3. The van der Waals surface area contributed by atoms with Gasteiger partial charge >= 0.3 is 135 Å². The van der Waals surface area contributed by atoms with Crippen LogP contribution < -0.4 is 0 Å². The molecular formula is C16H36N3Sn. The zero-order valence-electron chi connectivity index (χ0n) is 15.2. The molecule has 3 nitrogen and oxygen atoms in total. The fraction of sp³-hybridized carbons (Fsp3) is 1.00. The molecule has 0 amide bonds. The first kappa shape index (κ1) is 18.7. The Morgan fingerprint density at radius 2 is 1.30 bits per heavy atom. The minimum atomic E-state index is -1.86. The van der Waals surface area contributed by atoms with E-state index in [0.717, 1.165) is 0 Å². The molecule has 1 radical (unpaired) electrons. The van der Waals surface area contributed by atoms with Gasteiger partial charge in [0, 0.05) is 0 Å². The van der Waals surface area contributed by atoms with Crippen LogP contribution in [0.1, 0.15) is 74.7 Å². The second-order valence-electron chi connectivity index (χ2n) is 7.28. The van der Waals surface area contributed by atoms with Gasteiger partial charge in [-0.05, 0) is 0 Å². The van der Waals surface area contributed by atoms with Gasteiger partial charge in [0.05, 0.1) is 0 Å². The molecule has 0 aromatic rings. The van der Waals surface area contributed by atoms with Crippen molar-refractivity contribution in [3.05, 3.63) is 0 Å². The molecule has 1 rings (SSSR count). The number of hydrogen-bond donors (Lipinski definition) is 0. The molecule has 0 aromatic heterocycles. The van der Waals surface area contributed by atoms with Gasteiger partial charge < -0.3 is 0 Å². The average molecular weight is 389 g/mol. The van der Waals surface area contributed by atoms with Crippen LogP contribution in [-0.4, -0.2) is 60.8 Å². The molecule has 1 heterocycles. The third kappa shape index (κ3) is 3.20. The van der Waals surface area contributed by atoms with Crippen molar-refractivity contribution in [2.75, 3.05) is 13.6 Å². The van der Waals surface area contributed by atoms with Crippen LogP contribution in [0.2, 0.25) is 0 Å². The molecule has 119 valence electrons. The van der Waals surface area contributed by atoms with Crippen molar-refractivity contribution in [2.24, 2.45) is 0 Å². The quantitative estimate of drug-likeness (QED) is 0.616. The summed E-state index contributed by atoms with van der Waals surface area (Å²) in [5.74, 6) is 0. The van der Waals surface area contributed by atoms with E-state index in [1.807, 2.05) is 0 Å². The van der Waals surface area contributed by atoms with Gasteiger partial charge in [0.1, 0.15) is 0 Å². The predicted octanol–water partition coefficient (Wildman–Crippen LogP) is 3.65. The van der Waals surface area contributed by atoms with Crippen LogP contribution in [0.15, 0.2) is 0 Å². The molecule has 1 aliphatic heterocycles. The molecule has 0 aliphatic carbocycles. The monoisotopic (exact) mass is 390 g/mol. The van der Waals surface area contributed by atoms with Crippen LogP contribution in [0.5, 0.6) is 0 Å². The normalized spacial score (nSPS) is 20.7. The molecule has 0 saturated carbocycles. The van der Waals surface area contributed by atoms with Gasteiger partial charge in [-0.25, -0.2) is 0 Å². The molecule has 1 saturated heterocycles. The number of nitrogens with zero attached hydrogens (tertiary/aromatic N) is 3. The van der Waals surface area contributed by atoms with E-state index in [1.54, 1.807) is 0 Å². The van der Waals surface area contributed by atoms with E-state index in [9.17, 15) is 0 Å². The first-order chi connectivity index (χ1) is 9.17. The molecule has 4 heteroatoms. The Morgan fingerprint density at radius 3 is 1.55 bits per heavy atom. The van der Waals surface area contributed by atoms with Gasteiger partial charge in [-0.15, -0.1) is 0 Å². The van der Waals surface area contributed by atoms with Crippen molar-refractivity contribution < 1.29 is 0 Å². The Bertz CT molecular complexity index is 293. The van der Waals surface area contributed by atoms with Crippen molar-refractivity contribution in [1.29, 1.82) is 0 Å². The van der Waals surface area contributed by atoms with Gasteiger partial charge in [-0.3, -0.25) is 0 Å². The summed E-state index contributed by atoms with van der Waals surface area (Å²) < 4.78 is 8.54. The van der Waals surface area contributed by atoms with E-state index in [2.05, 4.69) is 71.8 Å². The topological polar surface area (TPSA) is 9.72 Å². The molecule has 20 heavy (non-hydrogen) atoms. The Morgan fingerprint density at radius 1 is 0.900 bits per heavy atom. The standard InChI is InChI=1S/C13H28N2.C3H8N.Sn/c1-8-11(14-12(4,5)9-2)15-13(6,7)10-3;1-3-4-2;/h11H,8-10H2,1-7H3;3H2,1-2H3;/q-2;-1;+3. The molecule has 0 bridgehead atoms. The minimum absolute atomic E-state index is 0.346. The SMILES string of the molecule is CCC1[N](C(C)(C)CC)[Sn]([N](C)CC)[N]1C(C)(C)CC. The van der Waals surface area contributed by atoms with Gasteiger partial charge in [0.25, 0.3) is 0 Å². The zero-order chi connectivity index (χ0) is 15.7. The summed E-state index contributed by atoms with van der Waals surface area (Å²) in [6, 6.07) is 0. The molecule has 1 fully saturated rings. The molecule has 0 atom stereocenters. The Kier molecular flexibility index (Phi) is 6.41. The summed E-state index contributed by atoms with van der Waals surface area (Å²) in [7, 11) is 2.35. The zero-order valence-corrected chi connectivity index (χ0v) is 18.1. The predicted molar refractivity (Wildman–Crippen MR) is 90.6 cm³/mol. The molecule has 0 N–H and O–H groups in total. The fourth-order valence-electron chi connectivity index (χ4n) is 3.01. The first-order valence-electron chi connectivity index (χ1n) is 8.34. The van der Waals surface area contributed by atoms with Crippen LogP contribution in [0.3, 0.4) is 0 Å². The molecule has 1 aliphatic rings. The van der Waals surface area contributed by atoms with Crippen LogP contribution in [0.4, 0.5) is 0 Å². The van der Waals surface area contributed by atoms with Crippen molar-refractivity contribution >= 4 is 20.6 Å². The Hall–Kier alpha value is 0.679. The second kappa shape index (κ2) is 6.84. The van der Waals surface area contributed by atoms with E-state index in [0.29, 0.717) is 17.2 Å². The maximum absolute atomic E-state index is 2.93. The third-order valence-electron chi connectivity index (χ3n) is 5.24. The third-order valence-corrected chi connectivity index (χ3v) is 15.7. The van der Waals surface area contributed by atoms with E-state index >= 15 is 0 Å². The second-order valence-corrected chi connectivity index (χ2v) is 13.9. The van der Waals surface area contributed by atoms with Crippen molar-refractivity contribution in [1.82, 2.24) is 9.36 Å². The summed E-state index contributed by atoms with van der Waals surface area (Å²) in [4.78, 5) is 0. The summed E-state index contributed by atoms with van der Waals surface area (Å²) in [6.07, 6.45) is 4.38. The van der Waals surface area contributed by atoms with Gasteiger partial charge in [0.15, 0.2) is 0 Å². The van der Waals surface area contributed by atoms with Crippen molar-refractivity contribution in [3.8, 4) is 0 Å². The van der Waals surface area contributed by atoms with Crippen LogP contribution in [0, 0.1) is 0 Å². The maximum atomic E-state index is 2.93. The van der Waals surface area contributed by atoms with Gasteiger partial charge in [-0.2, -0.15) is 0 Å². The summed E-state index contributed by atoms with van der Waals surface area (Å²) in [5.41, 5.74) is 0.693. The van der Waals surface area contributed by atoms with E-state index in [1.165, 1.54) is 25.8 Å². The van der Waals surface area contributed by atoms with Crippen molar-refractivity contribution in [2.45, 2.75) is 91.9 Å². The number of hydrogen-bond acceptors (Lipinski definition) is 3. The van der Waals surface area contributed by atoms with Crippen molar-refractivity contribution in [3.63, 3.8) is 0 Å². The molecular weight excluding hydrogens is 353 g/mol. The van der Waals surface area contributed by atoms with Gasteiger partial charge in [0.2, 0.25) is 0 Å². The van der Waals surface area contributed by atoms with E-state index in [4.69, 9.17) is 0 Å². The first-order valence-corrected chi connectivity index (χ1v) is 12.2.